The average Bonchev–Trinajstić information content (AvgIpc) is 3.73. The van der Waals surface area contributed by atoms with Crippen LogP contribution in [-0.2, 0) is 0 Å². The molecule has 0 aliphatic carbocycles. The third kappa shape index (κ3) is 7.18. The Hall–Kier alpha value is -7.86. The number of rotatable bonds is 8. The molecule has 0 amide bonds. The van der Waals surface area contributed by atoms with Crippen molar-refractivity contribution in [3.63, 3.8) is 0 Å². The minimum atomic E-state index is 0.709. The minimum Gasteiger partial charge on any atom is -0.228 e. The summed E-state index contributed by atoms with van der Waals surface area (Å²) in [4.78, 5) is 20.2. The lowest BCUT2D eigenvalue weighted by molar-refractivity contribution is 1.18. The Kier molecular flexibility index (Phi) is 9.34. The zero-order valence-corrected chi connectivity index (χ0v) is 33.8. The normalized spacial score (nSPS) is 11.3. The molecular weight excluding hydrogens is 761 g/mol. The Morgan fingerprint density at radius 3 is 1.21 bits per heavy atom. The van der Waals surface area contributed by atoms with E-state index >= 15 is 0 Å². The van der Waals surface area contributed by atoms with E-state index in [1.165, 1.54) is 25.7 Å². The second kappa shape index (κ2) is 15.7. The van der Waals surface area contributed by atoms with E-state index in [4.69, 9.17) is 19.9 Å². The highest BCUT2D eigenvalue weighted by molar-refractivity contribution is 7.26. The second-order valence-electron chi connectivity index (χ2n) is 15.0. The van der Waals surface area contributed by atoms with Crippen molar-refractivity contribution >= 4 is 31.5 Å². The molecule has 0 aliphatic heterocycles. The lowest BCUT2D eigenvalue weighted by atomic mass is 9.98. The molecule has 11 rings (SSSR count). The van der Waals surface area contributed by atoms with E-state index in [0.717, 1.165) is 72.8 Å². The number of fused-ring (bicyclic) bond motifs is 3. The molecule has 0 radical (unpaired) electrons. The zero-order chi connectivity index (χ0) is 40.5. The summed E-state index contributed by atoms with van der Waals surface area (Å²) >= 11 is 1.85. The molecule has 0 unspecified atom stereocenters. The van der Waals surface area contributed by atoms with Gasteiger partial charge in [-0.2, -0.15) is 0 Å². The molecule has 3 heterocycles. The molecule has 4 nitrogen and oxygen atoms in total. The summed E-state index contributed by atoms with van der Waals surface area (Å²) in [7, 11) is 0. The van der Waals surface area contributed by atoms with Gasteiger partial charge in [0.2, 0.25) is 0 Å². The fourth-order valence-electron chi connectivity index (χ4n) is 8.05. The highest BCUT2D eigenvalue weighted by atomic mass is 32.1. The second-order valence-corrected chi connectivity index (χ2v) is 16.1. The van der Waals surface area contributed by atoms with Crippen LogP contribution in [0, 0.1) is 0 Å². The van der Waals surface area contributed by atoms with Crippen LogP contribution in [0.1, 0.15) is 0 Å². The molecule has 0 N–H and O–H groups in total. The van der Waals surface area contributed by atoms with Gasteiger partial charge in [0.05, 0.1) is 22.8 Å². The maximum Gasteiger partial charge on any atom is 0.160 e. The maximum absolute atomic E-state index is 5.12. The highest BCUT2D eigenvalue weighted by Gasteiger charge is 2.16. The van der Waals surface area contributed by atoms with Crippen LogP contribution in [-0.4, -0.2) is 19.9 Å². The fraction of sp³-hybridized carbons (Fsp3) is 0. The third-order valence-corrected chi connectivity index (χ3v) is 12.3. The van der Waals surface area contributed by atoms with Crippen molar-refractivity contribution in [2.45, 2.75) is 0 Å². The first-order valence-corrected chi connectivity index (χ1v) is 21.2. The van der Waals surface area contributed by atoms with Crippen molar-refractivity contribution in [2.24, 2.45) is 0 Å². The van der Waals surface area contributed by atoms with Crippen LogP contribution in [0.2, 0.25) is 0 Å². The molecule has 0 bridgehead atoms. The predicted molar refractivity (Wildman–Crippen MR) is 254 cm³/mol. The van der Waals surface area contributed by atoms with Gasteiger partial charge >= 0.3 is 0 Å². The minimum absolute atomic E-state index is 0.709. The number of hydrogen-bond donors (Lipinski definition) is 0. The van der Waals surface area contributed by atoms with E-state index < -0.39 is 0 Å². The molecule has 11 aromatic rings. The third-order valence-electron chi connectivity index (χ3n) is 11.1. The van der Waals surface area contributed by atoms with E-state index in [2.05, 4.69) is 158 Å². The van der Waals surface area contributed by atoms with E-state index in [9.17, 15) is 0 Å². The summed E-state index contributed by atoms with van der Waals surface area (Å²) in [6, 6.07) is 76.2. The molecule has 0 atom stereocenters. The van der Waals surface area contributed by atoms with Crippen LogP contribution in [0.25, 0.3) is 110 Å². The van der Waals surface area contributed by atoms with E-state index in [1.54, 1.807) is 0 Å². The van der Waals surface area contributed by atoms with Gasteiger partial charge in [-0.1, -0.05) is 188 Å². The molecule has 5 heteroatoms. The van der Waals surface area contributed by atoms with Crippen molar-refractivity contribution in [3.05, 3.63) is 218 Å². The number of thiophene rings is 1. The number of hydrogen-bond acceptors (Lipinski definition) is 5. The van der Waals surface area contributed by atoms with Gasteiger partial charge < -0.3 is 0 Å². The van der Waals surface area contributed by atoms with Crippen LogP contribution in [0.3, 0.4) is 0 Å². The van der Waals surface area contributed by atoms with Gasteiger partial charge in [0, 0.05) is 53.6 Å². The van der Waals surface area contributed by atoms with Crippen LogP contribution in [0.4, 0.5) is 0 Å². The Balaban J connectivity index is 0.967. The molecule has 61 heavy (non-hydrogen) atoms. The zero-order valence-electron chi connectivity index (χ0n) is 33.0. The van der Waals surface area contributed by atoms with Crippen LogP contribution in [0.15, 0.2) is 218 Å². The van der Waals surface area contributed by atoms with E-state index in [-0.39, 0.29) is 0 Å². The highest BCUT2D eigenvalue weighted by Crippen LogP contribution is 2.42. The summed E-state index contributed by atoms with van der Waals surface area (Å²) in [5.74, 6) is 1.42. The molecule has 3 aromatic heterocycles. The summed E-state index contributed by atoms with van der Waals surface area (Å²) in [5.41, 5.74) is 14.4. The van der Waals surface area contributed by atoms with Crippen LogP contribution in [0.5, 0.6) is 0 Å². The number of benzene rings is 8. The Bertz CT molecular complexity index is 3230. The first-order chi connectivity index (χ1) is 30.2. The smallest absolute Gasteiger partial charge is 0.160 e. The lowest BCUT2D eigenvalue weighted by Crippen LogP contribution is -1.96. The molecule has 8 aromatic carbocycles. The van der Waals surface area contributed by atoms with Crippen molar-refractivity contribution in [2.75, 3.05) is 0 Å². The Labute approximate surface area is 358 Å². The fourth-order valence-corrected chi connectivity index (χ4v) is 9.32. The van der Waals surface area contributed by atoms with Gasteiger partial charge in [0.15, 0.2) is 11.6 Å². The van der Waals surface area contributed by atoms with Crippen molar-refractivity contribution < 1.29 is 0 Å². The monoisotopic (exact) mass is 796 g/mol. The largest absolute Gasteiger partial charge is 0.228 e. The quantitative estimate of drug-likeness (QED) is 0.154. The standard InChI is InChI=1S/C56H36N4S/c1-5-16-37(17-6-1)49-35-51(59-55(57-49)39-20-9-3-10-21-39)44-26-13-24-41(32-44)42-30-31-47-48-29-15-28-46(54(48)61-53(47)34-42)43-25-14-27-45(33-43)52-36-50(38-18-7-2-8-19-38)58-56(60-52)40-22-11-4-12-23-40/h1-36H. The van der Waals surface area contributed by atoms with E-state index in [1.807, 2.05) is 72.0 Å². The maximum atomic E-state index is 5.12. The molecule has 0 spiro atoms. The molecule has 0 fully saturated rings. The molecular formula is C56H36N4S. The molecule has 0 saturated carbocycles. The van der Waals surface area contributed by atoms with Crippen molar-refractivity contribution in [1.29, 1.82) is 0 Å². The molecule has 286 valence electrons. The summed E-state index contributed by atoms with van der Waals surface area (Å²) in [6.07, 6.45) is 0. The summed E-state index contributed by atoms with van der Waals surface area (Å²) < 4.78 is 2.51. The summed E-state index contributed by atoms with van der Waals surface area (Å²) in [5, 5.41) is 2.51. The first kappa shape index (κ1) is 36.2. The SMILES string of the molecule is c1ccc(-c2cc(-c3cccc(-c4ccc5c(c4)sc4c(-c6cccc(-c7cc(-c8ccccc8)nc(-c8ccccc8)n7)c6)cccc45)c3)nc(-c3ccccc3)n2)cc1. The number of nitrogens with zero attached hydrogens (tertiary/aromatic N) is 4. The summed E-state index contributed by atoms with van der Waals surface area (Å²) in [6.45, 7) is 0. The van der Waals surface area contributed by atoms with Gasteiger partial charge in [0.1, 0.15) is 0 Å². The van der Waals surface area contributed by atoms with Gasteiger partial charge in [-0.3, -0.25) is 0 Å². The average molecular weight is 797 g/mol. The van der Waals surface area contributed by atoms with E-state index in [0.29, 0.717) is 11.6 Å². The van der Waals surface area contributed by atoms with Crippen molar-refractivity contribution in [1.82, 2.24) is 19.9 Å². The first-order valence-electron chi connectivity index (χ1n) is 20.4. The molecule has 0 aliphatic rings. The topological polar surface area (TPSA) is 51.6 Å². The van der Waals surface area contributed by atoms with Gasteiger partial charge in [0.25, 0.3) is 0 Å². The molecule has 0 saturated heterocycles. The van der Waals surface area contributed by atoms with Gasteiger partial charge in [-0.05, 0) is 52.6 Å². The van der Waals surface area contributed by atoms with Crippen LogP contribution >= 0.6 is 11.3 Å². The van der Waals surface area contributed by atoms with Crippen molar-refractivity contribution in [3.8, 4) is 90.1 Å². The number of aromatic nitrogens is 4. The van der Waals surface area contributed by atoms with Crippen LogP contribution < -0.4 is 0 Å². The lowest BCUT2D eigenvalue weighted by Gasteiger charge is -2.11. The Morgan fingerprint density at radius 1 is 0.262 bits per heavy atom. The van der Waals surface area contributed by atoms with Gasteiger partial charge in [-0.25, -0.2) is 19.9 Å². The Morgan fingerprint density at radius 2 is 0.672 bits per heavy atom. The predicted octanol–water partition coefficient (Wildman–Crippen LogP) is 15.0. The van der Waals surface area contributed by atoms with Gasteiger partial charge in [-0.15, -0.1) is 11.3 Å².